The van der Waals surface area contributed by atoms with Crippen molar-refractivity contribution in [2.75, 3.05) is 6.61 Å². The Morgan fingerprint density at radius 1 is 1.28 bits per heavy atom. The van der Waals surface area contributed by atoms with Crippen molar-refractivity contribution in [1.82, 2.24) is 0 Å². The molecule has 0 aliphatic heterocycles. The predicted octanol–water partition coefficient (Wildman–Crippen LogP) is 4.15. The van der Waals surface area contributed by atoms with Gasteiger partial charge in [0, 0.05) is 20.8 Å². The van der Waals surface area contributed by atoms with Crippen LogP contribution in [0.15, 0.2) is 40.2 Å². The Bertz CT molecular complexity index is 498. The van der Waals surface area contributed by atoms with Gasteiger partial charge in [0.15, 0.2) is 0 Å². The molecule has 0 radical (unpaired) electrons. The van der Waals surface area contributed by atoms with Crippen molar-refractivity contribution in [2.45, 2.75) is 12.5 Å². The van der Waals surface area contributed by atoms with Crippen LogP contribution in [0.4, 0.5) is 0 Å². The predicted molar refractivity (Wildman–Crippen MR) is 78.7 cm³/mol. The molecule has 0 saturated heterocycles. The number of hydrogen-bond acceptors (Lipinski definition) is 3. The molecule has 0 amide bonds. The van der Waals surface area contributed by atoms with Crippen molar-refractivity contribution in [1.29, 1.82) is 0 Å². The first-order valence-electron chi connectivity index (χ1n) is 5.43. The number of benzene rings is 1. The summed E-state index contributed by atoms with van der Waals surface area (Å²) in [6.07, 6.45) is 0.0712. The summed E-state index contributed by atoms with van der Waals surface area (Å²) in [5.41, 5.74) is 0. The van der Waals surface area contributed by atoms with Crippen LogP contribution in [0.2, 0.25) is 5.02 Å². The molecule has 0 fully saturated rings. The van der Waals surface area contributed by atoms with Crippen molar-refractivity contribution in [3.63, 3.8) is 0 Å². The lowest BCUT2D eigenvalue weighted by atomic mass is 10.2. The van der Waals surface area contributed by atoms with Gasteiger partial charge in [0.1, 0.15) is 12.4 Å². The fourth-order valence-electron chi connectivity index (χ4n) is 1.47. The minimum atomic E-state index is -0.518. The number of aliphatic hydroxyl groups is 1. The lowest BCUT2D eigenvalue weighted by Gasteiger charge is -2.11. The highest BCUT2D eigenvalue weighted by Crippen LogP contribution is 2.24. The molecule has 0 aliphatic rings. The second-order valence-electron chi connectivity index (χ2n) is 3.81. The molecule has 5 heteroatoms. The van der Waals surface area contributed by atoms with E-state index in [0.717, 1.165) is 9.35 Å². The Balaban J connectivity index is 1.83. The van der Waals surface area contributed by atoms with Crippen LogP contribution in [-0.4, -0.2) is 17.8 Å². The third-order valence-electron chi connectivity index (χ3n) is 2.37. The van der Waals surface area contributed by atoms with E-state index in [-0.39, 0.29) is 6.61 Å². The molecule has 1 N–H and O–H groups in total. The Kier molecular flexibility index (Phi) is 5.06. The Labute approximate surface area is 123 Å². The molecule has 1 aromatic carbocycles. The molecule has 0 bridgehead atoms. The maximum Gasteiger partial charge on any atom is 0.119 e. The highest BCUT2D eigenvalue weighted by atomic mass is 79.9. The normalized spacial score (nSPS) is 12.4. The smallest absolute Gasteiger partial charge is 0.119 e. The summed E-state index contributed by atoms with van der Waals surface area (Å²) in [5.74, 6) is 0.712. The summed E-state index contributed by atoms with van der Waals surface area (Å²) in [4.78, 5) is 1.13. The van der Waals surface area contributed by atoms with E-state index < -0.39 is 6.10 Å². The number of halogens is 2. The van der Waals surface area contributed by atoms with Crippen LogP contribution >= 0.6 is 38.9 Å². The molecular formula is C13H12BrClO2S. The lowest BCUT2D eigenvalue weighted by molar-refractivity contribution is 0.108. The zero-order chi connectivity index (χ0) is 13.0. The average Bonchev–Trinajstić information content (AvgIpc) is 2.74. The molecule has 1 heterocycles. The van der Waals surface area contributed by atoms with Gasteiger partial charge in [-0.15, -0.1) is 11.3 Å². The van der Waals surface area contributed by atoms with Gasteiger partial charge in [-0.2, -0.15) is 0 Å². The van der Waals surface area contributed by atoms with Gasteiger partial charge in [-0.25, -0.2) is 0 Å². The summed E-state index contributed by atoms with van der Waals surface area (Å²) in [5, 5.41) is 12.6. The number of aliphatic hydroxyl groups excluding tert-OH is 1. The van der Waals surface area contributed by atoms with Crippen molar-refractivity contribution in [3.05, 3.63) is 50.1 Å². The molecule has 1 aromatic heterocycles. The van der Waals surface area contributed by atoms with Crippen LogP contribution in [0, 0.1) is 0 Å². The van der Waals surface area contributed by atoms with Crippen molar-refractivity contribution >= 4 is 38.9 Å². The fraction of sp³-hybridized carbons (Fsp3) is 0.231. The van der Waals surface area contributed by atoms with Crippen molar-refractivity contribution in [2.24, 2.45) is 0 Å². The topological polar surface area (TPSA) is 29.5 Å². The van der Waals surface area contributed by atoms with Crippen molar-refractivity contribution in [3.8, 4) is 5.75 Å². The third kappa shape index (κ3) is 3.99. The summed E-state index contributed by atoms with van der Waals surface area (Å²) in [6, 6.07) is 9.08. The molecule has 2 nitrogen and oxygen atoms in total. The molecule has 0 aliphatic carbocycles. The minimum Gasteiger partial charge on any atom is -0.491 e. The van der Waals surface area contributed by atoms with E-state index in [4.69, 9.17) is 16.3 Å². The van der Waals surface area contributed by atoms with Crippen LogP contribution in [0.25, 0.3) is 0 Å². The van der Waals surface area contributed by atoms with Crippen LogP contribution in [0.5, 0.6) is 5.75 Å². The zero-order valence-electron chi connectivity index (χ0n) is 9.48. The van der Waals surface area contributed by atoms with Crippen LogP contribution in [0.3, 0.4) is 0 Å². The molecule has 0 saturated carbocycles. The first-order chi connectivity index (χ1) is 8.65. The Morgan fingerprint density at radius 3 is 2.61 bits per heavy atom. The van der Waals surface area contributed by atoms with Crippen molar-refractivity contribution < 1.29 is 9.84 Å². The second kappa shape index (κ2) is 6.57. The number of rotatable bonds is 5. The Hall–Kier alpha value is -0.550. The molecule has 96 valence electrons. The summed E-state index contributed by atoms with van der Waals surface area (Å²) in [7, 11) is 0. The lowest BCUT2D eigenvalue weighted by Crippen LogP contribution is -2.19. The molecule has 0 spiro atoms. The molecule has 1 unspecified atom stereocenters. The van der Waals surface area contributed by atoms with Gasteiger partial charge < -0.3 is 9.84 Å². The molecule has 1 atom stereocenters. The quantitative estimate of drug-likeness (QED) is 0.880. The van der Waals surface area contributed by atoms with E-state index in [2.05, 4.69) is 15.9 Å². The number of thiophene rings is 1. The van der Waals surface area contributed by atoms with Crippen LogP contribution < -0.4 is 4.74 Å². The largest absolute Gasteiger partial charge is 0.491 e. The van der Waals surface area contributed by atoms with Gasteiger partial charge in [-0.05, 0) is 51.6 Å². The van der Waals surface area contributed by atoms with Gasteiger partial charge in [0.25, 0.3) is 0 Å². The molecule has 18 heavy (non-hydrogen) atoms. The number of ether oxygens (including phenoxy) is 1. The number of hydrogen-bond donors (Lipinski definition) is 1. The van der Waals surface area contributed by atoms with Gasteiger partial charge in [-0.1, -0.05) is 11.6 Å². The van der Waals surface area contributed by atoms with E-state index in [1.807, 2.05) is 11.4 Å². The van der Waals surface area contributed by atoms with E-state index in [0.29, 0.717) is 17.2 Å². The molecule has 2 aromatic rings. The highest BCUT2D eigenvalue weighted by Gasteiger charge is 2.10. The first-order valence-corrected chi connectivity index (χ1v) is 7.48. The van der Waals surface area contributed by atoms with Crippen LogP contribution in [-0.2, 0) is 6.42 Å². The third-order valence-corrected chi connectivity index (χ3v) is 4.57. The minimum absolute atomic E-state index is 0.270. The maximum absolute atomic E-state index is 9.90. The van der Waals surface area contributed by atoms with E-state index in [1.54, 1.807) is 35.6 Å². The maximum atomic E-state index is 9.90. The van der Waals surface area contributed by atoms with Gasteiger partial charge in [-0.3, -0.25) is 0 Å². The standard InChI is InChI=1S/C13H12BrClO2S/c14-12-5-6-18-13(12)7-10(16)8-17-11-3-1-9(15)2-4-11/h1-6,10,16H,7-8H2. The van der Waals surface area contributed by atoms with E-state index in [9.17, 15) is 5.11 Å². The average molecular weight is 348 g/mol. The van der Waals surface area contributed by atoms with Gasteiger partial charge >= 0.3 is 0 Å². The monoisotopic (exact) mass is 346 g/mol. The summed E-state index contributed by atoms with van der Waals surface area (Å²) in [6.45, 7) is 0.270. The summed E-state index contributed by atoms with van der Waals surface area (Å²) < 4.78 is 6.53. The molecular weight excluding hydrogens is 336 g/mol. The SMILES string of the molecule is OC(COc1ccc(Cl)cc1)Cc1sccc1Br. The van der Waals surface area contributed by atoms with Gasteiger partial charge in [0.2, 0.25) is 0 Å². The molecule has 2 rings (SSSR count). The van der Waals surface area contributed by atoms with E-state index in [1.165, 1.54) is 0 Å². The zero-order valence-corrected chi connectivity index (χ0v) is 12.6. The van der Waals surface area contributed by atoms with E-state index >= 15 is 0 Å². The second-order valence-corrected chi connectivity index (χ2v) is 6.11. The first kappa shape index (κ1) is 13.9. The summed E-state index contributed by atoms with van der Waals surface area (Å²) >= 11 is 10.8. The fourth-order valence-corrected chi connectivity index (χ4v) is 3.18. The Morgan fingerprint density at radius 2 is 2.00 bits per heavy atom. The highest BCUT2D eigenvalue weighted by molar-refractivity contribution is 9.10. The van der Waals surface area contributed by atoms with Crippen LogP contribution in [0.1, 0.15) is 4.88 Å². The van der Waals surface area contributed by atoms with Gasteiger partial charge in [0.05, 0.1) is 6.10 Å².